The average Bonchev–Trinajstić information content (AvgIpc) is 2.71. The molecule has 1 N–H and O–H groups in total. The number of hydrogen-bond donors (Lipinski definition) is 2. The minimum atomic E-state index is -4.62. The van der Waals surface area contributed by atoms with Crippen LogP contribution in [-0.2, 0) is 15.5 Å². The summed E-state index contributed by atoms with van der Waals surface area (Å²) in [5.41, 5.74) is -2.02. The van der Waals surface area contributed by atoms with E-state index in [1.165, 1.54) is 6.08 Å². The van der Waals surface area contributed by atoms with Gasteiger partial charge in [-0.15, -0.1) is 0 Å². The molecule has 0 spiro atoms. The first-order valence-electron chi connectivity index (χ1n) is 7.90. The van der Waals surface area contributed by atoms with E-state index in [1.54, 1.807) is 0 Å². The second kappa shape index (κ2) is 6.94. The molecule has 0 amide bonds. The highest BCUT2D eigenvalue weighted by Crippen LogP contribution is 2.39. The van der Waals surface area contributed by atoms with E-state index in [1.807, 2.05) is 27.7 Å². The van der Waals surface area contributed by atoms with Crippen molar-refractivity contribution < 1.29 is 32.4 Å². The Morgan fingerprint density at radius 1 is 1.23 bits per heavy atom. The maximum atomic E-state index is 12.8. The Morgan fingerprint density at radius 2 is 1.77 bits per heavy atom. The van der Waals surface area contributed by atoms with Crippen molar-refractivity contribution in [3.8, 4) is 0 Å². The van der Waals surface area contributed by atoms with Crippen LogP contribution < -0.4 is 0 Å². The molecular weight excluding hydrogens is 368 g/mol. The summed E-state index contributed by atoms with van der Waals surface area (Å²) in [6, 6.07) is 2.59. The van der Waals surface area contributed by atoms with Crippen molar-refractivity contribution in [1.82, 2.24) is 0 Å². The number of aromatic carboxylic acids is 1. The SMILES string of the molecule is CC1(C)OB(C(=Cc2ccc(C(F)(F)F)cc2C(=O)O)CS)OC1(C)C. The zero-order chi connectivity index (χ0) is 19.9. The van der Waals surface area contributed by atoms with Gasteiger partial charge in [0, 0.05) is 5.75 Å². The van der Waals surface area contributed by atoms with Gasteiger partial charge in [-0.2, -0.15) is 25.8 Å². The van der Waals surface area contributed by atoms with Gasteiger partial charge in [0.15, 0.2) is 0 Å². The molecule has 1 aliphatic heterocycles. The van der Waals surface area contributed by atoms with E-state index >= 15 is 0 Å². The zero-order valence-corrected chi connectivity index (χ0v) is 15.7. The van der Waals surface area contributed by atoms with E-state index in [9.17, 15) is 23.1 Å². The van der Waals surface area contributed by atoms with Gasteiger partial charge in [0.25, 0.3) is 0 Å². The lowest BCUT2D eigenvalue weighted by Gasteiger charge is -2.32. The van der Waals surface area contributed by atoms with Crippen molar-refractivity contribution in [3.63, 3.8) is 0 Å². The minimum Gasteiger partial charge on any atom is -0.478 e. The van der Waals surface area contributed by atoms with Crippen molar-refractivity contribution in [1.29, 1.82) is 0 Å². The highest BCUT2D eigenvalue weighted by Gasteiger charge is 2.52. The summed E-state index contributed by atoms with van der Waals surface area (Å²) in [5.74, 6) is -1.26. The molecule has 2 rings (SSSR count). The van der Waals surface area contributed by atoms with E-state index in [-0.39, 0.29) is 11.3 Å². The Hall–Kier alpha value is -1.45. The van der Waals surface area contributed by atoms with Gasteiger partial charge in [0.1, 0.15) is 0 Å². The van der Waals surface area contributed by atoms with Crippen LogP contribution in [0.25, 0.3) is 6.08 Å². The third-order valence-corrected chi connectivity index (χ3v) is 5.06. The molecule has 0 aromatic heterocycles. The lowest BCUT2D eigenvalue weighted by Crippen LogP contribution is -2.41. The summed E-state index contributed by atoms with van der Waals surface area (Å²) in [6.45, 7) is 7.46. The molecule has 0 bridgehead atoms. The number of rotatable bonds is 4. The zero-order valence-electron chi connectivity index (χ0n) is 14.8. The van der Waals surface area contributed by atoms with Crippen molar-refractivity contribution in [3.05, 3.63) is 40.4 Å². The van der Waals surface area contributed by atoms with E-state index in [2.05, 4.69) is 12.6 Å². The largest absolute Gasteiger partial charge is 0.491 e. The summed E-state index contributed by atoms with van der Waals surface area (Å²) >= 11 is 4.23. The van der Waals surface area contributed by atoms with E-state index in [0.29, 0.717) is 11.5 Å². The van der Waals surface area contributed by atoms with Gasteiger partial charge in [0.2, 0.25) is 0 Å². The molecular formula is C17H20BF3O4S. The smallest absolute Gasteiger partial charge is 0.478 e. The van der Waals surface area contributed by atoms with Crippen LogP contribution in [0.5, 0.6) is 0 Å². The van der Waals surface area contributed by atoms with Gasteiger partial charge < -0.3 is 14.4 Å². The van der Waals surface area contributed by atoms with Gasteiger partial charge in [-0.05, 0) is 50.9 Å². The summed E-state index contributed by atoms with van der Waals surface area (Å²) < 4.78 is 50.3. The van der Waals surface area contributed by atoms with E-state index in [0.717, 1.165) is 12.1 Å². The van der Waals surface area contributed by atoms with Crippen molar-refractivity contribution in [2.45, 2.75) is 45.1 Å². The Kier molecular flexibility index (Phi) is 5.57. The number of benzene rings is 1. The molecule has 1 aromatic rings. The highest BCUT2D eigenvalue weighted by molar-refractivity contribution is 7.80. The number of carboxylic acid groups (broad SMARTS) is 1. The van der Waals surface area contributed by atoms with Crippen LogP contribution in [0.4, 0.5) is 13.2 Å². The molecule has 9 heteroatoms. The molecule has 4 nitrogen and oxygen atoms in total. The number of thiol groups is 1. The Bertz CT molecular complexity index is 728. The predicted octanol–water partition coefficient (Wildman–Crippen LogP) is 4.35. The van der Waals surface area contributed by atoms with Gasteiger partial charge in [-0.1, -0.05) is 12.1 Å². The van der Waals surface area contributed by atoms with Crippen LogP contribution >= 0.6 is 12.6 Å². The van der Waals surface area contributed by atoms with Gasteiger partial charge in [0.05, 0.1) is 22.3 Å². The molecule has 0 aliphatic carbocycles. The molecule has 0 atom stereocenters. The molecule has 1 aliphatic rings. The fourth-order valence-electron chi connectivity index (χ4n) is 2.43. The lowest BCUT2D eigenvalue weighted by molar-refractivity contribution is -0.137. The maximum absolute atomic E-state index is 12.8. The van der Waals surface area contributed by atoms with Gasteiger partial charge in [-0.25, -0.2) is 4.79 Å². The molecule has 0 unspecified atom stereocenters. The van der Waals surface area contributed by atoms with E-state index < -0.39 is 41.6 Å². The molecule has 1 fully saturated rings. The summed E-state index contributed by atoms with van der Waals surface area (Å²) in [4.78, 5) is 11.4. The van der Waals surface area contributed by atoms with Crippen LogP contribution in [0.2, 0.25) is 0 Å². The molecule has 26 heavy (non-hydrogen) atoms. The monoisotopic (exact) mass is 388 g/mol. The molecule has 1 heterocycles. The summed E-state index contributed by atoms with van der Waals surface area (Å²) in [7, 11) is -0.763. The topological polar surface area (TPSA) is 55.8 Å². The maximum Gasteiger partial charge on any atom is 0.491 e. The molecule has 0 radical (unpaired) electrons. The predicted molar refractivity (Wildman–Crippen MR) is 96.3 cm³/mol. The molecule has 1 saturated heterocycles. The second-order valence-corrected chi connectivity index (χ2v) is 7.39. The Balaban J connectivity index is 2.45. The van der Waals surface area contributed by atoms with Crippen LogP contribution in [0.15, 0.2) is 23.7 Å². The number of halogens is 3. The van der Waals surface area contributed by atoms with Crippen LogP contribution in [0, 0.1) is 0 Å². The molecule has 142 valence electrons. The Morgan fingerprint density at radius 3 is 2.19 bits per heavy atom. The van der Waals surface area contributed by atoms with Gasteiger partial charge in [-0.3, -0.25) is 0 Å². The summed E-state index contributed by atoms with van der Waals surface area (Å²) in [5, 5.41) is 9.29. The van der Waals surface area contributed by atoms with E-state index in [4.69, 9.17) is 9.31 Å². The average molecular weight is 388 g/mol. The molecule has 1 aromatic carbocycles. The van der Waals surface area contributed by atoms with Gasteiger partial charge >= 0.3 is 19.3 Å². The standard InChI is InChI=1S/C17H20BF3O4S/c1-15(2)16(3,4)25-18(24-15)12(9-26)7-10-5-6-11(17(19,20)21)8-13(10)14(22)23/h5-8,26H,9H2,1-4H3,(H,22,23). The highest BCUT2D eigenvalue weighted by atomic mass is 32.1. The molecule has 0 saturated carbocycles. The minimum absolute atomic E-state index is 0.129. The third-order valence-electron chi connectivity index (χ3n) is 4.69. The first-order chi connectivity index (χ1) is 11.8. The quantitative estimate of drug-likeness (QED) is 0.595. The first-order valence-corrected chi connectivity index (χ1v) is 8.53. The summed E-state index contributed by atoms with van der Waals surface area (Å²) in [6.07, 6.45) is -3.16. The third kappa shape index (κ3) is 4.10. The fourth-order valence-corrected chi connectivity index (χ4v) is 2.67. The van der Waals surface area contributed by atoms with Crippen molar-refractivity contribution in [2.75, 3.05) is 5.75 Å². The van der Waals surface area contributed by atoms with Crippen molar-refractivity contribution in [2.24, 2.45) is 0 Å². The van der Waals surface area contributed by atoms with Crippen LogP contribution in [0.1, 0.15) is 49.2 Å². The Labute approximate surface area is 155 Å². The normalized spacial score (nSPS) is 19.7. The number of alkyl halides is 3. The number of hydrogen-bond acceptors (Lipinski definition) is 4. The first kappa shape index (κ1) is 20.9. The van der Waals surface area contributed by atoms with Crippen LogP contribution in [-0.4, -0.2) is 35.1 Å². The van der Waals surface area contributed by atoms with Crippen LogP contribution in [0.3, 0.4) is 0 Å². The number of carbonyl (C=O) groups is 1. The lowest BCUT2D eigenvalue weighted by atomic mass is 9.78. The fraction of sp³-hybridized carbons (Fsp3) is 0.471. The van der Waals surface area contributed by atoms with Crippen molar-refractivity contribution >= 4 is 31.8 Å². The second-order valence-electron chi connectivity index (χ2n) is 7.07. The number of carboxylic acids is 1.